The van der Waals surface area contributed by atoms with Crippen LogP contribution in [0.2, 0.25) is 0 Å². The molecule has 10 heteroatoms. The van der Waals surface area contributed by atoms with Gasteiger partial charge in [-0.15, -0.1) is 0 Å². The second kappa shape index (κ2) is 9.68. The van der Waals surface area contributed by atoms with Crippen molar-refractivity contribution in [2.75, 3.05) is 38.5 Å². The summed E-state index contributed by atoms with van der Waals surface area (Å²) in [5.41, 5.74) is 5.87. The molecule has 2 aromatic heterocycles. The van der Waals surface area contributed by atoms with E-state index < -0.39 is 0 Å². The summed E-state index contributed by atoms with van der Waals surface area (Å²) < 4.78 is 8.22. The van der Waals surface area contributed by atoms with Crippen LogP contribution in [0, 0.1) is 0 Å². The van der Waals surface area contributed by atoms with Crippen LogP contribution < -0.4 is 5.73 Å². The highest BCUT2D eigenvalue weighted by molar-refractivity contribution is 5.92. The number of nitrogen functional groups attached to an aromatic ring is 1. The van der Waals surface area contributed by atoms with Crippen LogP contribution >= 0.6 is 0 Å². The van der Waals surface area contributed by atoms with Gasteiger partial charge in [-0.1, -0.05) is 6.07 Å². The Morgan fingerprint density at radius 2 is 2.07 bits per heavy atom. The molecule has 0 bridgehead atoms. The van der Waals surface area contributed by atoms with Gasteiger partial charge in [0.05, 0.1) is 25.3 Å². The number of pyridine rings is 1. The molecular weight excluding hydrogens is 388 g/mol. The van der Waals surface area contributed by atoms with Crippen molar-refractivity contribution in [1.82, 2.24) is 24.3 Å². The Bertz CT molecular complexity index is 862. The number of aryl methyl sites for hydroxylation is 1. The minimum atomic E-state index is -0.258. The molecule has 2 saturated heterocycles. The Balaban J connectivity index is 0.000000806. The van der Waals surface area contributed by atoms with E-state index in [-0.39, 0.29) is 18.0 Å². The zero-order chi connectivity index (χ0) is 21.6. The highest BCUT2D eigenvalue weighted by Gasteiger charge is 2.41. The fourth-order valence-corrected chi connectivity index (χ4v) is 3.92. The van der Waals surface area contributed by atoms with Crippen LogP contribution in [0.4, 0.5) is 5.82 Å². The van der Waals surface area contributed by atoms with E-state index in [2.05, 4.69) is 19.4 Å². The Morgan fingerprint density at radius 3 is 2.70 bits per heavy atom. The summed E-state index contributed by atoms with van der Waals surface area (Å²) >= 11 is 0. The summed E-state index contributed by atoms with van der Waals surface area (Å²) in [5.74, 6) is 1.37. The molecule has 2 aliphatic rings. The summed E-state index contributed by atoms with van der Waals surface area (Å²) in [4.78, 5) is 34.0. The predicted molar refractivity (Wildman–Crippen MR) is 110 cm³/mol. The first-order valence-corrected chi connectivity index (χ1v) is 9.88. The molecule has 0 unspecified atom stereocenters. The number of imidazole rings is 1. The van der Waals surface area contributed by atoms with E-state index in [0.29, 0.717) is 31.2 Å². The van der Waals surface area contributed by atoms with E-state index in [1.165, 1.54) is 0 Å². The molecular formula is C20H28N6O4. The Labute approximate surface area is 175 Å². The van der Waals surface area contributed by atoms with Gasteiger partial charge in [-0.3, -0.25) is 14.5 Å². The van der Waals surface area contributed by atoms with E-state index in [0.717, 1.165) is 38.3 Å². The largest absolute Gasteiger partial charge is 0.483 e. The number of morpholine rings is 1. The van der Waals surface area contributed by atoms with E-state index in [9.17, 15) is 4.79 Å². The lowest BCUT2D eigenvalue weighted by atomic mass is 9.89. The average Bonchev–Trinajstić information content (AvgIpc) is 3.14. The normalized spacial score (nSPS) is 18.5. The van der Waals surface area contributed by atoms with Gasteiger partial charge in [0.15, 0.2) is 0 Å². The Kier molecular flexibility index (Phi) is 7.01. The molecule has 0 aliphatic carbocycles. The third-order valence-electron chi connectivity index (χ3n) is 5.58. The number of hydrogen-bond donors (Lipinski definition) is 2. The Morgan fingerprint density at radius 1 is 1.33 bits per heavy atom. The lowest BCUT2D eigenvalue weighted by Crippen LogP contribution is -2.58. The van der Waals surface area contributed by atoms with Gasteiger partial charge in [0.25, 0.3) is 12.4 Å². The van der Waals surface area contributed by atoms with Crippen LogP contribution in [0.25, 0.3) is 0 Å². The van der Waals surface area contributed by atoms with Crippen molar-refractivity contribution in [2.24, 2.45) is 7.05 Å². The van der Waals surface area contributed by atoms with Gasteiger partial charge in [-0.25, -0.2) is 9.97 Å². The molecule has 30 heavy (non-hydrogen) atoms. The minimum absolute atomic E-state index is 0.0691. The number of carbonyl (C=O) groups is 2. The number of likely N-dealkylation sites (tertiary alicyclic amines) is 1. The molecule has 10 nitrogen and oxygen atoms in total. The molecule has 0 atom stereocenters. The maximum Gasteiger partial charge on any atom is 0.290 e. The molecule has 2 fully saturated rings. The van der Waals surface area contributed by atoms with E-state index in [1.807, 2.05) is 24.3 Å². The second-order valence-electron chi connectivity index (χ2n) is 7.54. The van der Waals surface area contributed by atoms with Gasteiger partial charge in [0.2, 0.25) is 0 Å². The number of carbonyl (C=O) groups excluding carboxylic acids is 1. The summed E-state index contributed by atoms with van der Waals surface area (Å²) in [7, 11) is 2.02. The summed E-state index contributed by atoms with van der Waals surface area (Å²) in [6.07, 6.45) is 5.62. The molecule has 0 radical (unpaired) electrons. The fourth-order valence-electron chi connectivity index (χ4n) is 3.92. The van der Waals surface area contributed by atoms with Crippen LogP contribution in [-0.2, 0) is 23.1 Å². The van der Waals surface area contributed by atoms with Gasteiger partial charge < -0.3 is 25.0 Å². The van der Waals surface area contributed by atoms with Crippen LogP contribution in [-0.4, -0.2) is 80.2 Å². The van der Waals surface area contributed by atoms with Crippen molar-refractivity contribution in [1.29, 1.82) is 0 Å². The number of ether oxygens (including phenoxy) is 1. The molecule has 0 saturated carbocycles. The number of hydrogen-bond acceptors (Lipinski definition) is 7. The average molecular weight is 416 g/mol. The van der Waals surface area contributed by atoms with Crippen LogP contribution in [0.15, 0.2) is 30.6 Å². The van der Waals surface area contributed by atoms with Crippen molar-refractivity contribution < 1.29 is 19.4 Å². The van der Waals surface area contributed by atoms with Crippen molar-refractivity contribution >= 4 is 18.2 Å². The number of nitrogens with two attached hydrogens (primary N) is 1. The molecule has 1 amide bonds. The van der Waals surface area contributed by atoms with E-state index in [4.69, 9.17) is 20.4 Å². The number of rotatable bonds is 3. The number of nitrogens with zero attached hydrogens (tertiary/aromatic N) is 5. The highest BCUT2D eigenvalue weighted by Crippen LogP contribution is 2.31. The quantitative estimate of drug-likeness (QED) is 0.697. The van der Waals surface area contributed by atoms with Gasteiger partial charge in [0, 0.05) is 39.1 Å². The van der Waals surface area contributed by atoms with Crippen molar-refractivity contribution in [2.45, 2.75) is 25.0 Å². The molecule has 0 aromatic carbocycles. The number of amides is 1. The number of aromatic nitrogens is 3. The van der Waals surface area contributed by atoms with Gasteiger partial charge in [-0.2, -0.15) is 0 Å². The third kappa shape index (κ3) is 5.14. The standard InChI is InChI=1S/C19H26N6O2.CH2O2/c1-23-10-7-21-17(23)13-24-8-5-19(6-9-24)14-25(11-12-27-19)18(26)15-3-2-4-16(20)22-15;2-1-3/h2-4,7,10H,5-6,8-9,11-14H2,1H3,(H2,20,22);1H,(H,2,3). The maximum atomic E-state index is 12.8. The summed E-state index contributed by atoms with van der Waals surface area (Å²) in [5, 5.41) is 6.89. The molecule has 162 valence electrons. The number of piperidine rings is 1. The first-order chi connectivity index (χ1) is 14.5. The van der Waals surface area contributed by atoms with Gasteiger partial charge in [0.1, 0.15) is 17.3 Å². The topological polar surface area (TPSA) is 127 Å². The zero-order valence-electron chi connectivity index (χ0n) is 17.1. The zero-order valence-corrected chi connectivity index (χ0v) is 17.1. The van der Waals surface area contributed by atoms with Crippen molar-refractivity contribution in [3.05, 3.63) is 42.1 Å². The van der Waals surface area contributed by atoms with Crippen LogP contribution in [0.5, 0.6) is 0 Å². The number of carboxylic acid groups (broad SMARTS) is 1. The van der Waals surface area contributed by atoms with Crippen LogP contribution in [0.3, 0.4) is 0 Å². The predicted octanol–water partition coefficient (Wildman–Crippen LogP) is 0.605. The van der Waals surface area contributed by atoms with Gasteiger partial charge >= 0.3 is 0 Å². The van der Waals surface area contributed by atoms with Crippen molar-refractivity contribution in [3.63, 3.8) is 0 Å². The van der Waals surface area contributed by atoms with Gasteiger partial charge in [-0.05, 0) is 25.0 Å². The summed E-state index contributed by atoms with van der Waals surface area (Å²) in [6, 6.07) is 5.17. The van der Waals surface area contributed by atoms with Crippen molar-refractivity contribution in [3.8, 4) is 0 Å². The molecule has 4 heterocycles. The molecule has 4 rings (SSSR count). The first kappa shape index (κ1) is 21.7. The lowest BCUT2D eigenvalue weighted by Gasteiger charge is -2.47. The fraction of sp³-hybridized carbons (Fsp3) is 0.500. The SMILES string of the molecule is Cn1ccnc1CN1CCC2(CC1)CN(C(=O)c1cccc(N)n1)CCO2.O=CO. The van der Waals surface area contributed by atoms with E-state index in [1.54, 1.807) is 18.2 Å². The smallest absolute Gasteiger partial charge is 0.290 e. The third-order valence-corrected chi connectivity index (χ3v) is 5.58. The molecule has 2 aliphatic heterocycles. The first-order valence-electron chi connectivity index (χ1n) is 9.88. The van der Waals surface area contributed by atoms with E-state index >= 15 is 0 Å². The molecule has 2 aromatic rings. The number of anilines is 1. The minimum Gasteiger partial charge on any atom is -0.483 e. The molecule has 1 spiro atoms. The van der Waals surface area contributed by atoms with Crippen LogP contribution in [0.1, 0.15) is 29.2 Å². The Hall–Kier alpha value is -2.98. The lowest BCUT2D eigenvalue weighted by molar-refractivity contribution is -0.128. The monoisotopic (exact) mass is 416 g/mol. The summed E-state index contributed by atoms with van der Waals surface area (Å²) in [6.45, 7) is 4.23. The highest BCUT2D eigenvalue weighted by atomic mass is 16.5. The second-order valence-corrected chi connectivity index (χ2v) is 7.54. The maximum absolute atomic E-state index is 12.8. The molecule has 3 N–H and O–H groups in total.